The molecule has 1 aliphatic heterocycles. The molecule has 0 spiro atoms. The van der Waals surface area contributed by atoms with Crippen LogP contribution in [0.5, 0.6) is 0 Å². The number of rotatable bonds is 1. The maximum atomic E-state index is 12.5. The van der Waals surface area contributed by atoms with Gasteiger partial charge in [0, 0.05) is 13.0 Å². The Morgan fingerprint density at radius 2 is 1.75 bits per heavy atom. The number of hydrogen-bond acceptors (Lipinski definition) is 2. The highest BCUT2D eigenvalue weighted by atomic mass is 16.2. The molecule has 0 saturated heterocycles. The lowest BCUT2D eigenvalue weighted by Crippen LogP contribution is -2.26. The number of fused-ring (bicyclic) bond motifs is 1. The zero-order valence-electron chi connectivity index (χ0n) is 11.8. The Balaban J connectivity index is 2.20. The molecule has 2 aromatic carbocycles. The molecule has 102 valence electrons. The van der Waals surface area contributed by atoms with Gasteiger partial charge in [0.05, 0.1) is 17.1 Å². The number of hydrogen-bond donors (Lipinski definition) is 1. The molecule has 20 heavy (non-hydrogen) atoms. The summed E-state index contributed by atoms with van der Waals surface area (Å²) in [5.41, 5.74) is 5.27. The van der Waals surface area contributed by atoms with Crippen molar-refractivity contribution in [2.45, 2.75) is 20.3 Å². The number of carbonyl (C=O) groups excluding carboxylic acids is 1. The number of amides is 1. The maximum Gasteiger partial charge on any atom is 0.233 e. The van der Waals surface area contributed by atoms with E-state index in [4.69, 9.17) is 0 Å². The van der Waals surface area contributed by atoms with Gasteiger partial charge in [-0.2, -0.15) is 0 Å². The molecule has 3 rings (SSSR count). The van der Waals surface area contributed by atoms with E-state index in [1.807, 2.05) is 41.3 Å². The van der Waals surface area contributed by atoms with Crippen LogP contribution < -0.4 is 10.2 Å². The summed E-state index contributed by atoms with van der Waals surface area (Å²) in [4.78, 5) is 14.4. The average molecular weight is 266 g/mol. The summed E-state index contributed by atoms with van der Waals surface area (Å²) < 4.78 is 0. The van der Waals surface area contributed by atoms with Crippen molar-refractivity contribution in [3.63, 3.8) is 0 Å². The fraction of sp³-hybridized carbons (Fsp3) is 0.235. The van der Waals surface area contributed by atoms with Crippen LogP contribution in [-0.4, -0.2) is 12.5 Å². The minimum atomic E-state index is 0.135. The van der Waals surface area contributed by atoms with Crippen molar-refractivity contribution in [3.8, 4) is 0 Å². The molecule has 2 aromatic rings. The quantitative estimate of drug-likeness (QED) is 0.851. The van der Waals surface area contributed by atoms with Crippen molar-refractivity contribution < 1.29 is 4.79 Å². The van der Waals surface area contributed by atoms with E-state index in [0.717, 1.165) is 22.6 Å². The zero-order valence-corrected chi connectivity index (χ0v) is 11.8. The van der Waals surface area contributed by atoms with Crippen molar-refractivity contribution in [3.05, 3.63) is 53.6 Å². The minimum absolute atomic E-state index is 0.135. The third kappa shape index (κ3) is 2.05. The van der Waals surface area contributed by atoms with Gasteiger partial charge in [0.2, 0.25) is 5.91 Å². The Kier molecular flexibility index (Phi) is 3.18. The van der Waals surface area contributed by atoms with E-state index in [-0.39, 0.29) is 5.91 Å². The molecular weight excluding hydrogens is 248 g/mol. The monoisotopic (exact) mass is 266 g/mol. The van der Waals surface area contributed by atoms with Crippen LogP contribution in [-0.2, 0) is 4.79 Å². The second-order valence-corrected chi connectivity index (χ2v) is 5.14. The van der Waals surface area contributed by atoms with Crippen LogP contribution in [0.4, 0.5) is 17.1 Å². The number of para-hydroxylation sites is 2. The SMILES string of the molecule is Cc1cccc(N2C(=O)CCNc3ccccc32)c1C. The van der Waals surface area contributed by atoms with Crippen molar-refractivity contribution in [1.29, 1.82) is 0 Å². The van der Waals surface area contributed by atoms with Crippen molar-refractivity contribution in [1.82, 2.24) is 0 Å². The first-order valence-electron chi connectivity index (χ1n) is 6.90. The lowest BCUT2D eigenvalue weighted by Gasteiger charge is -2.25. The van der Waals surface area contributed by atoms with Crippen molar-refractivity contribution in [2.24, 2.45) is 0 Å². The molecule has 0 radical (unpaired) electrons. The third-order valence-electron chi connectivity index (χ3n) is 3.87. The number of nitrogens with one attached hydrogen (secondary N) is 1. The minimum Gasteiger partial charge on any atom is -0.383 e. The Bertz CT molecular complexity index is 664. The van der Waals surface area contributed by atoms with Crippen LogP contribution in [0.25, 0.3) is 0 Å². The fourth-order valence-corrected chi connectivity index (χ4v) is 2.61. The van der Waals surface area contributed by atoms with E-state index in [1.54, 1.807) is 0 Å². The van der Waals surface area contributed by atoms with Gasteiger partial charge < -0.3 is 5.32 Å². The first-order valence-corrected chi connectivity index (χ1v) is 6.90. The molecule has 0 aliphatic carbocycles. The molecule has 1 aliphatic rings. The number of aryl methyl sites for hydroxylation is 1. The number of carbonyl (C=O) groups is 1. The van der Waals surface area contributed by atoms with E-state index in [9.17, 15) is 4.79 Å². The van der Waals surface area contributed by atoms with Gasteiger partial charge in [0.1, 0.15) is 0 Å². The summed E-state index contributed by atoms with van der Waals surface area (Å²) in [7, 11) is 0. The van der Waals surface area contributed by atoms with Crippen LogP contribution in [0.2, 0.25) is 0 Å². The normalized spacial score (nSPS) is 14.5. The number of benzene rings is 2. The second kappa shape index (κ2) is 5.00. The van der Waals surface area contributed by atoms with Gasteiger partial charge in [-0.15, -0.1) is 0 Å². The third-order valence-corrected chi connectivity index (χ3v) is 3.87. The summed E-state index contributed by atoms with van der Waals surface area (Å²) >= 11 is 0. The molecule has 1 heterocycles. The summed E-state index contributed by atoms with van der Waals surface area (Å²) in [6.07, 6.45) is 0.502. The highest BCUT2D eigenvalue weighted by molar-refractivity contribution is 6.05. The average Bonchev–Trinajstić information content (AvgIpc) is 2.61. The zero-order chi connectivity index (χ0) is 14.1. The highest BCUT2D eigenvalue weighted by Crippen LogP contribution is 2.36. The van der Waals surface area contributed by atoms with E-state index in [1.165, 1.54) is 5.56 Å². The molecule has 0 aromatic heterocycles. The summed E-state index contributed by atoms with van der Waals surface area (Å²) in [6, 6.07) is 14.1. The topological polar surface area (TPSA) is 32.3 Å². The van der Waals surface area contributed by atoms with E-state index < -0.39 is 0 Å². The van der Waals surface area contributed by atoms with Gasteiger partial charge in [-0.1, -0.05) is 24.3 Å². The molecule has 1 amide bonds. The Morgan fingerprint density at radius 3 is 2.60 bits per heavy atom. The summed E-state index contributed by atoms with van der Waals surface area (Å²) in [6.45, 7) is 4.82. The standard InChI is InChI=1S/C17H18N2O/c1-12-6-5-9-15(13(12)2)19-16-8-4-3-7-14(16)18-11-10-17(19)20/h3-9,18H,10-11H2,1-2H3. The van der Waals surface area contributed by atoms with Gasteiger partial charge in [0.25, 0.3) is 0 Å². The van der Waals surface area contributed by atoms with E-state index in [2.05, 4.69) is 25.2 Å². The van der Waals surface area contributed by atoms with Gasteiger partial charge in [-0.05, 0) is 43.2 Å². The van der Waals surface area contributed by atoms with Crippen LogP contribution in [0, 0.1) is 13.8 Å². The molecule has 0 unspecified atom stereocenters. The van der Waals surface area contributed by atoms with E-state index >= 15 is 0 Å². The van der Waals surface area contributed by atoms with Crippen LogP contribution in [0.3, 0.4) is 0 Å². The fourth-order valence-electron chi connectivity index (χ4n) is 2.61. The van der Waals surface area contributed by atoms with Crippen molar-refractivity contribution in [2.75, 3.05) is 16.8 Å². The lowest BCUT2D eigenvalue weighted by atomic mass is 10.1. The molecular formula is C17H18N2O. The van der Waals surface area contributed by atoms with Gasteiger partial charge in [-0.3, -0.25) is 9.69 Å². The highest BCUT2D eigenvalue weighted by Gasteiger charge is 2.24. The van der Waals surface area contributed by atoms with Crippen LogP contribution in [0.15, 0.2) is 42.5 Å². The van der Waals surface area contributed by atoms with E-state index in [0.29, 0.717) is 13.0 Å². The largest absolute Gasteiger partial charge is 0.383 e. The lowest BCUT2D eigenvalue weighted by molar-refractivity contribution is -0.117. The number of anilines is 3. The second-order valence-electron chi connectivity index (χ2n) is 5.14. The predicted octanol–water partition coefficient (Wildman–Crippen LogP) is 3.78. The molecule has 3 heteroatoms. The molecule has 0 fully saturated rings. The van der Waals surface area contributed by atoms with Gasteiger partial charge >= 0.3 is 0 Å². The van der Waals surface area contributed by atoms with Crippen molar-refractivity contribution >= 4 is 23.0 Å². The maximum absolute atomic E-state index is 12.5. The van der Waals surface area contributed by atoms with Gasteiger partial charge in [-0.25, -0.2) is 0 Å². The van der Waals surface area contributed by atoms with Crippen LogP contribution >= 0.6 is 0 Å². The molecule has 0 atom stereocenters. The van der Waals surface area contributed by atoms with Crippen LogP contribution in [0.1, 0.15) is 17.5 Å². The predicted molar refractivity (Wildman–Crippen MR) is 82.6 cm³/mol. The Labute approximate surface area is 119 Å². The Hall–Kier alpha value is -2.29. The first kappa shape index (κ1) is 12.7. The van der Waals surface area contributed by atoms with Gasteiger partial charge in [0.15, 0.2) is 0 Å². The molecule has 0 saturated carbocycles. The Morgan fingerprint density at radius 1 is 1.00 bits per heavy atom. The summed E-state index contributed by atoms with van der Waals surface area (Å²) in [5.74, 6) is 0.135. The summed E-state index contributed by atoms with van der Waals surface area (Å²) in [5, 5.41) is 3.33. The first-order chi connectivity index (χ1) is 9.68. The molecule has 1 N–H and O–H groups in total. The molecule has 3 nitrogen and oxygen atoms in total. The smallest absolute Gasteiger partial charge is 0.233 e. The molecule has 0 bridgehead atoms. The number of nitrogens with zero attached hydrogens (tertiary/aromatic N) is 1.